The number of nitrogens with two attached hydrogens (primary N) is 1. The molecule has 0 aliphatic carbocycles. The molecule has 2 N–H and O–H groups in total. The van der Waals surface area contributed by atoms with E-state index in [1.165, 1.54) is 11.1 Å². The van der Waals surface area contributed by atoms with Crippen molar-refractivity contribution in [2.24, 2.45) is 18.7 Å². The van der Waals surface area contributed by atoms with Crippen LogP contribution in [0.15, 0.2) is 18.2 Å². The number of aryl methyl sites for hydroxylation is 2. The Morgan fingerprint density at radius 3 is 2.67 bits per heavy atom. The maximum atomic E-state index is 5.73. The maximum absolute atomic E-state index is 5.73. The molecule has 0 aliphatic rings. The highest BCUT2D eigenvalue weighted by molar-refractivity contribution is 5.77. The van der Waals surface area contributed by atoms with Crippen LogP contribution < -0.4 is 5.73 Å². The van der Waals surface area contributed by atoms with Crippen LogP contribution in [0.3, 0.4) is 0 Å². The van der Waals surface area contributed by atoms with Crippen molar-refractivity contribution in [3.8, 4) is 0 Å². The molecule has 0 radical (unpaired) electrons. The number of nitrogens with zero attached hydrogens (tertiary/aromatic N) is 2. The van der Waals surface area contributed by atoms with Gasteiger partial charge in [0.15, 0.2) is 0 Å². The molecule has 98 valence electrons. The maximum Gasteiger partial charge on any atom is 0.106 e. The molecule has 0 amide bonds. The number of rotatable bonds is 4. The number of hydrogen-bond donors (Lipinski definition) is 1. The molecule has 1 unspecified atom stereocenters. The Morgan fingerprint density at radius 1 is 1.33 bits per heavy atom. The molecule has 0 spiro atoms. The van der Waals surface area contributed by atoms with E-state index >= 15 is 0 Å². The summed E-state index contributed by atoms with van der Waals surface area (Å²) in [5.74, 6) is 2.19. The van der Waals surface area contributed by atoms with E-state index < -0.39 is 0 Å². The minimum Gasteiger partial charge on any atom is -0.331 e. The first-order valence-corrected chi connectivity index (χ1v) is 6.67. The number of hydrogen-bond acceptors (Lipinski definition) is 2. The quantitative estimate of drug-likeness (QED) is 0.900. The van der Waals surface area contributed by atoms with Crippen molar-refractivity contribution in [1.29, 1.82) is 0 Å². The van der Waals surface area contributed by atoms with Gasteiger partial charge in [-0.25, -0.2) is 4.98 Å². The number of benzene rings is 1. The fraction of sp³-hybridized carbons (Fsp3) is 0.533. The summed E-state index contributed by atoms with van der Waals surface area (Å²) in [5, 5.41) is 0. The monoisotopic (exact) mass is 245 g/mol. The van der Waals surface area contributed by atoms with Gasteiger partial charge >= 0.3 is 0 Å². The lowest BCUT2D eigenvalue weighted by Crippen LogP contribution is -2.12. The van der Waals surface area contributed by atoms with Crippen LogP contribution in [0.1, 0.15) is 37.6 Å². The van der Waals surface area contributed by atoms with Crippen molar-refractivity contribution in [2.75, 3.05) is 6.54 Å². The first-order chi connectivity index (χ1) is 8.54. The second-order valence-electron chi connectivity index (χ2n) is 5.39. The molecule has 18 heavy (non-hydrogen) atoms. The van der Waals surface area contributed by atoms with E-state index in [-0.39, 0.29) is 0 Å². The third-order valence-electron chi connectivity index (χ3n) is 3.84. The van der Waals surface area contributed by atoms with Crippen molar-refractivity contribution in [3.05, 3.63) is 29.6 Å². The van der Waals surface area contributed by atoms with E-state index in [1.54, 1.807) is 0 Å². The highest BCUT2D eigenvalue weighted by atomic mass is 15.0. The third-order valence-corrected chi connectivity index (χ3v) is 3.84. The number of aromatic nitrogens is 2. The predicted molar refractivity (Wildman–Crippen MR) is 76.7 cm³/mol. The standard InChI is InChI=1S/C15H23N3/c1-10(2)13(7-8-16)12-5-6-15-14(9-12)17-11(3)18(15)4/h5-6,9-10,13H,7-8,16H2,1-4H3. The van der Waals surface area contributed by atoms with E-state index in [0.717, 1.165) is 24.3 Å². The van der Waals surface area contributed by atoms with Gasteiger partial charge in [-0.2, -0.15) is 0 Å². The lowest BCUT2D eigenvalue weighted by atomic mass is 9.85. The Labute approximate surface area is 109 Å². The van der Waals surface area contributed by atoms with Gasteiger partial charge in [0, 0.05) is 7.05 Å². The Kier molecular flexibility index (Phi) is 3.71. The summed E-state index contributed by atoms with van der Waals surface area (Å²) in [5.41, 5.74) is 9.38. The average Bonchev–Trinajstić information content (AvgIpc) is 2.61. The van der Waals surface area contributed by atoms with Crippen molar-refractivity contribution in [3.63, 3.8) is 0 Å². The van der Waals surface area contributed by atoms with Crippen LogP contribution in [0.4, 0.5) is 0 Å². The average molecular weight is 245 g/mol. The van der Waals surface area contributed by atoms with Gasteiger partial charge in [0.05, 0.1) is 11.0 Å². The smallest absolute Gasteiger partial charge is 0.106 e. The molecule has 0 aliphatic heterocycles. The molecule has 1 aromatic heterocycles. The zero-order valence-electron chi connectivity index (χ0n) is 11.8. The molecule has 0 fully saturated rings. The Morgan fingerprint density at radius 2 is 2.06 bits per heavy atom. The van der Waals surface area contributed by atoms with E-state index in [2.05, 4.69) is 48.6 Å². The molecule has 2 rings (SSSR count). The fourth-order valence-electron chi connectivity index (χ4n) is 2.63. The second kappa shape index (κ2) is 5.11. The minimum atomic E-state index is 0.529. The van der Waals surface area contributed by atoms with Crippen molar-refractivity contribution < 1.29 is 0 Å². The molecule has 0 saturated carbocycles. The molecule has 1 atom stereocenters. The Hall–Kier alpha value is -1.35. The topological polar surface area (TPSA) is 43.8 Å². The van der Waals surface area contributed by atoms with Gasteiger partial charge in [0.1, 0.15) is 5.82 Å². The lowest BCUT2D eigenvalue weighted by molar-refractivity contribution is 0.473. The highest BCUT2D eigenvalue weighted by Gasteiger charge is 2.16. The lowest BCUT2D eigenvalue weighted by Gasteiger charge is -2.20. The van der Waals surface area contributed by atoms with E-state index in [1.807, 2.05) is 6.92 Å². The van der Waals surface area contributed by atoms with E-state index in [0.29, 0.717) is 11.8 Å². The molecule has 1 heterocycles. The van der Waals surface area contributed by atoms with Crippen LogP contribution in [-0.2, 0) is 7.05 Å². The molecule has 3 heteroatoms. The van der Waals surface area contributed by atoms with Crippen LogP contribution in [-0.4, -0.2) is 16.1 Å². The molecular weight excluding hydrogens is 222 g/mol. The van der Waals surface area contributed by atoms with Gasteiger partial charge in [-0.1, -0.05) is 19.9 Å². The Balaban J connectivity index is 2.45. The normalized spacial score (nSPS) is 13.4. The summed E-state index contributed by atoms with van der Waals surface area (Å²) in [4.78, 5) is 4.61. The summed E-state index contributed by atoms with van der Waals surface area (Å²) in [6, 6.07) is 6.63. The van der Waals surface area contributed by atoms with Crippen LogP contribution >= 0.6 is 0 Å². The number of fused-ring (bicyclic) bond motifs is 1. The van der Waals surface area contributed by atoms with E-state index in [4.69, 9.17) is 5.73 Å². The van der Waals surface area contributed by atoms with Crippen LogP contribution in [0, 0.1) is 12.8 Å². The number of imidazole rings is 1. The van der Waals surface area contributed by atoms with Gasteiger partial charge in [-0.05, 0) is 49.4 Å². The van der Waals surface area contributed by atoms with Crippen molar-refractivity contribution in [2.45, 2.75) is 33.1 Å². The SMILES string of the molecule is Cc1nc2cc(C(CCN)C(C)C)ccc2n1C. The van der Waals surface area contributed by atoms with Gasteiger partial charge in [0.2, 0.25) is 0 Å². The molecule has 0 saturated heterocycles. The van der Waals surface area contributed by atoms with Gasteiger partial charge in [-0.3, -0.25) is 0 Å². The third kappa shape index (κ3) is 2.27. The summed E-state index contributed by atoms with van der Waals surface area (Å²) < 4.78 is 2.13. The van der Waals surface area contributed by atoms with Crippen LogP contribution in [0.25, 0.3) is 11.0 Å². The summed E-state index contributed by atoms with van der Waals surface area (Å²) in [6.45, 7) is 7.30. The van der Waals surface area contributed by atoms with Gasteiger partial charge < -0.3 is 10.3 Å². The first-order valence-electron chi connectivity index (χ1n) is 6.67. The largest absolute Gasteiger partial charge is 0.331 e. The molecule has 2 aromatic rings. The highest BCUT2D eigenvalue weighted by Crippen LogP contribution is 2.29. The van der Waals surface area contributed by atoms with Gasteiger partial charge in [-0.15, -0.1) is 0 Å². The van der Waals surface area contributed by atoms with Crippen LogP contribution in [0.5, 0.6) is 0 Å². The van der Waals surface area contributed by atoms with Crippen molar-refractivity contribution >= 4 is 11.0 Å². The summed E-state index contributed by atoms with van der Waals surface area (Å²) >= 11 is 0. The first kappa shape index (κ1) is 13.1. The summed E-state index contributed by atoms with van der Waals surface area (Å²) in [7, 11) is 2.06. The molecular formula is C15H23N3. The van der Waals surface area contributed by atoms with Crippen LogP contribution in [0.2, 0.25) is 0 Å². The zero-order valence-corrected chi connectivity index (χ0v) is 11.8. The molecule has 3 nitrogen and oxygen atoms in total. The fourth-order valence-corrected chi connectivity index (χ4v) is 2.63. The zero-order chi connectivity index (χ0) is 13.3. The minimum absolute atomic E-state index is 0.529. The Bertz CT molecular complexity index is 540. The second-order valence-corrected chi connectivity index (χ2v) is 5.39. The summed E-state index contributed by atoms with van der Waals surface area (Å²) in [6.07, 6.45) is 1.04. The molecule has 0 bridgehead atoms. The van der Waals surface area contributed by atoms with Crippen molar-refractivity contribution in [1.82, 2.24) is 9.55 Å². The predicted octanol–water partition coefficient (Wildman–Crippen LogP) is 2.97. The molecule has 1 aromatic carbocycles. The van der Waals surface area contributed by atoms with Gasteiger partial charge in [0.25, 0.3) is 0 Å². The van der Waals surface area contributed by atoms with E-state index in [9.17, 15) is 0 Å².